The van der Waals surface area contributed by atoms with Crippen LogP contribution in [0, 0.1) is 0 Å². The Morgan fingerprint density at radius 1 is 1.39 bits per heavy atom. The summed E-state index contributed by atoms with van der Waals surface area (Å²) >= 11 is 0. The average Bonchev–Trinajstić information content (AvgIpc) is 2.29. The third-order valence-electron chi connectivity index (χ3n) is 2.36. The largest absolute Gasteiger partial charge is 0.416 e. The number of aliphatic hydroxyl groups is 1. The van der Waals surface area contributed by atoms with E-state index < -0.39 is 18.3 Å². The molecular weight excluding hydrogens is 249 g/mol. The van der Waals surface area contributed by atoms with Gasteiger partial charge < -0.3 is 20.9 Å². The number of rotatable bonds is 5. The molecule has 0 aliphatic heterocycles. The molecule has 18 heavy (non-hydrogen) atoms. The molecule has 0 spiro atoms. The van der Waals surface area contributed by atoms with E-state index in [9.17, 15) is 13.2 Å². The van der Waals surface area contributed by atoms with Gasteiger partial charge >= 0.3 is 6.18 Å². The number of anilines is 2. The Kier molecular flexibility index (Phi) is 4.80. The second-order valence-electron chi connectivity index (χ2n) is 3.68. The fourth-order valence-corrected chi connectivity index (χ4v) is 1.51. The lowest BCUT2D eigenvalue weighted by Crippen LogP contribution is -2.13. The summed E-state index contributed by atoms with van der Waals surface area (Å²) < 4.78 is 42.4. The molecule has 0 heterocycles. The zero-order chi connectivity index (χ0) is 13.8. The maximum Gasteiger partial charge on any atom is 0.416 e. The van der Waals surface area contributed by atoms with Crippen LogP contribution < -0.4 is 11.1 Å². The van der Waals surface area contributed by atoms with E-state index >= 15 is 0 Å². The number of hydrogen-bond donors (Lipinski definition) is 3. The third-order valence-corrected chi connectivity index (χ3v) is 2.36. The molecule has 0 aliphatic rings. The first-order chi connectivity index (χ1) is 8.40. The third kappa shape index (κ3) is 3.51. The number of hydrogen-bond acceptors (Lipinski definition) is 4. The van der Waals surface area contributed by atoms with Crippen LogP contribution in [-0.2, 0) is 17.5 Å². The molecule has 0 amide bonds. The van der Waals surface area contributed by atoms with Crippen LogP contribution in [0.4, 0.5) is 24.5 Å². The van der Waals surface area contributed by atoms with Gasteiger partial charge in [0.05, 0.1) is 30.2 Å². The summed E-state index contributed by atoms with van der Waals surface area (Å²) in [5, 5.41) is 11.9. The van der Waals surface area contributed by atoms with Gasteiger partial charge in [-0.2, -0.15) is 13.2 Å². The number of methoxy groups -OCH3 is 1. The number of nitrogen functional groups attached to an aromatic ring is 1. The highest BCUT2D eigenvalue weighted by Gasteiger charge is 2.31. The molecule has 0 bridgehead atoms. The maximum atomic E-state index is 12.5. The van der Waals surface area contributed by atoms with Crippen LogP contribution in [0.1, 0.15) is 11.1 Å². The Bertz CT molecular complexity index is 408. The molecule has 0 aliphatic carbocycles. The lowest BCUT2D eigenvalue weighted by molar-refractivity contribution is -0.137. The number of alkyl halides is 3. The Balaban J connectivity index is 3.04. The number of aliphatic hydroxyl groups excluding tert-OH is 1. The highest BCUT2D eigenvalue weighted by atomic mass is 19.4. The van der Waals surface area contributed by atoms with Gasteiger partial charge in [0, 0.05) is 19.2 Å². The Labute approximate surface area is 103 Å². The predicted molar refractivity (Wildman–Crippen MR) is 62.1 cm³/mol. The van der Waals surface area contributed by atoms with Gasteiger partial charge in [-0.15, -0.1) is 0 Å². The SMILES string of the molecule is COCCNc1c(N)cc(C(F)(F)F)cc1CO. The van der Waals surface area contributed by atoms with Crippen LogP contribution in [-0.4, -0.2) is 25.4 Å². The van der Waals surface area contributed by atoms with Crippen LogP contribution >= 0.6 is 0 Å². The van der Waals surface area contributed by atoms with Crippen molar-refractivity contribution in [2.24, 2.45) is 0 Å². The second-order valence-corrected chi connectivity index (χ2v) is 3.68. The molecule has 0 saturated carbocycles. The predicted octanol–water partition coefficient (Wildman–Crippen LogP) is 1.84. The standard InChI is InChI=1S/C11H15F3N2O2/c1-18-3-2-16-10-7(6-17)4-8(5-9(10)15)11(12,13)14/h4-5,16-17H,2-3,6,15H2,1H3. The molecule has 7 heteroatoms. The van der Waals surface area contributed by atoms with Gasteiger partial charge in [-0.1, -0.05) is 0 Å². The van der Waals surface area contributed by atoms with E-state index in [1.54, 1.807) is 0 Å². The average molecular weight is 264 g/mol. The lowest BCUT2D eigenvalue weighted by Gasteiger charge is -2.16. The molecule has 1 aromatic carbocycles. The summed E-state index contributed by atoms with van der Waals surface area (Å²) in [6.45, 7) is 0.244. The molecule has 1 rings (SSSR count). The topological polar surface area (TPSA) is 67.5 Å². The minimum atomic E-state index is -4.48. The summed E-state index contributed by atoms with van der Waals surface area (Å²) in [5.74, 6) is 0. The molecule has 4 nitrogen and oxygen atoms in total. The maximum absolute atomic E-state index is 12.5. The highest BCUT2D eigenvalue weighted by molar-refractivity contribution is 5.71. The molecule has 0 fully saturated rings. The van der Waals surface area contributed by atoms with Gasteiger partial charge in [-0.05, 0) is 12.1 Å². The van der Waals surface area contributed by atoms with E-state index in [2.05, 4.69) is 5.32 Å². The van der Waals surface area contributed by atoms with E-state index in [-0.39, 0.29) is 11.3 Å². The lowest BCUT2D eigenvalue weighted by atomic mass is 10.1. The number of nitrogens with two attached hydrogens (primary N) is 1. The fraction of sp³-hybridized carbons (Fsp3) is 0.455. The smallest absolute Gasteiger partial charge is 0.397 e. The summed E-state index contributed by atoms with van der Waals surface area (Å²) in [4.78, 5) is 0. The number of halogens is 3. The summed E-state index contributed by atoms with van der Waals surface area (Å²) in [5.41, 5.74) is 5.06. The van der Waals surface area contributed by atoms with E-state index in [1.807, 2.05) is 0 Å². The van der Waals surface area contributed by atoms with Crippen molar-refractivity contribution in [3.8, 4) is 0 Å². The number of ether oxygens (including phenoxy) is 1. The van der Waals surface area contributed by atoms with Crippen LogP contribution in [0.25, 0.3) is 0 Å². The van der Waals surface area contributed by atoms with Crippen molar-refractivity contribution in [1.29, 1.82) is 0 Å². The van der Waals surface area contributed by atoms with E-state index in [0.29, 0.717) is 18.8 Å². The second kappa shape index (κ2) is 5.92. The molecule has 0 saturated heterocycles. The molecular formula is C11H15F3N2O2. The van der Waals surface area contributed by atoms with Gasteiger partial charge in [-0.3, -0.25) is 0 Å². The highest BCUT2D eigenvalue weighted by Crippen LogP contribution is 2.35. The van der Waals surface area contributed by atoms with Gasteiger partial charge in [0.25, 0.3) is 0 Å². The van der Waals surface area contributed by atoms with Crippen molar-refractivity contribution >= 4 is 11.4 Å². The first-order valence-electron chi connectivity index (χ1n) is 5.23. The Hall–Kier alpha value is -1.47. The van der Waals surface area contributed by atoms with Gasteiger partial charge in [0.1, 0.15) is 0 Å². The monoisotopic (exact) mass is 264 g/mol. The fourth-order valence-electron chi connectivity index (χ4n) is 1.51. The van der Waals surface area contributed by atoms with Crippen molar-refractivity contribution in [3.05, 3.63) is 23.3 Å². The van der Waals surface area contributed by atoms with Gasteiger partial charge in [0.15, 0.2) is 0 Å². The van der Waals surface area contributed by atoms with Crippen molar-refractivity contribution < 1.29 is 23.0 Å². The summed E-state index contributed by atoms with van der Waals surface area (Å²) in [7, 11) is 1.50. The molecule has 102 valence electrons. The minimum absolute atomic E-state index is 0.0509. The number of benzene rings is 1. The van der Waals surface area contributed by atoms with Crippen molar-refractivity contribution in [2.75, 3.05) is 31.3 Å². The first-order valence-corrected chi connectivity index (χ1v) is 5.23. The van der Waals surface area contributed by atoms with Crippen molar-refractivity contribution in [1.82, 2.24) is 0 Å². The summed E-state index contributed by atoms with van der Waals surface area (Å²) in [6, 6.07) is 1.72. The Morgan fingerprint density at radius 2 is 2.06 bits per heavy atom. The van der Waals surface area contributed by atoms with Crippen LogP contribution in [0.15, 0.2) is 12.1 Å². The summed E-state index contributed by atoms with van der Waals surface area (Å²) in [6.07, 6.45) is -4.48. The van der Waals surface area contributed by atoms with E-state index in [4.69, 9.17) is 15.6 Å². The molecule has 0 unspecified atom stereocenters. The number of nitrogens with one attached hydrogen (secondary N) is 1. The zero-order valence-corrected chi connectivity index (χ0v) is 9.84. The first kappa shape index (κ1) is 14.6. The molecule has 0 radical (unpaired) electrons. The van der Waals surface area contributed by atoms with Crippen LogP contribution in [0.5, 0.6) is 0 Å². The minimum Gasteiger partial charge on any atom is -0.397 e. The van der Waals surface area contributed by atoms with E-state index in [1.165, 1.54) is 7.11 Å². The quantitative estimate of drug-likeness (QED) is 0.560. The molecule has 0 atom stereocenters. The van der Waals surface area contributed by atoms with Gasteiger partial charge in [-0.25, -0.2) is 0 Å². The van der Waals surface area contributed by atoms with E-state index in [0.717, 1.165) is 12.1 Å². The molecule has 4 N–H and O–H groups in total. The normalized spacial score (nSPS) is 11.6. The molecule has 0 aromatic heterocycles. The van der Waals surface area contributed by atoms with Crippen LogP contribution in [0.3, 0.4) is 0 Å². The van der Waals surface area contributed by atoms with Gasteiger partial charge in [0.2, 0.25) is 0 Å². The van der Waals surface area contributed by atoms with Crippen molar-refractivity contribution in [2.45, 2.75) is 12.8 Å². The van der Waals surface area contributed by atoms with Crippen LogP contribution in [0.2, 0.25) is 0 Å². The molecule has 1 aromatic rings. The Morgan fingerprint density at radius 3 is 2.56 bits per heavy atom. The van der Waals surface area contributed by atoms with Crippen molar-refractivity contribution in [3.63, 3.8) is 0 Å². The zero-order valence-electron chi connectivity index (χ0n) is 9.84.